The molecular weight excluding hydrogens is 337 g/mol. The van der Waals surface area contributed by atoms with Crippen LogP contribution in [0.15, 0.2) is 47.5 Å². The number of nitrogens with zero attached hydrogens (tertiary/aromatic N) is 1. The maximum atomic E-state index is 13.8. The van der Waals surface area contributed by atoms with Gasteiger partial charge in [0.25, 0.3) is 0 Å². The summed E-state index contributed by atoms with van der Waals surface area (Å²) in [6.07, 6.45) is -0.0252. The molecular formula is C20H18FNO4. The number of halogens is 1. The fraction of sp³-hybridized carbons (Fsp3) is 0.250. The zero-order valence-electron chi connectivity index (χ0n) is 14.5. The maximum Gasteiger partial charge on any atom is 0.308 e. The molecule has 0 amide bonds. The van der Waals surface area contributed by atoms with E-state index in [9.17, 15) is 14.0 Å². The number of benzene rings is 2. The number of hydrogen-bond acceptors (Lipinski definition) is 5. The average Bonchev–Trinajstić information content (AvgIpc) is 2.77. The van der Waals surface area contributed by atoms with E-state index in [-0.39, 0.29) is 18.6 Å². The third-order valence-corrected chi connectivity index (χ3v) is 4.28. The highest BCUT2D eigenvalue weighted by Crippen LogP contribution is 2.26. The zero-order valence-corrected chi connectivity index (χ0v) is 14.5. The first-order chi connectivity index (χ1) is 12.5. The second-order valence-corrected chi connectivity index (χ2v) is 5.95. The maximum absolute atomic E-state index is 13.8. The van der Waals surface area contributed by atoms with Crippen molar-refractivity contribution in [1.82, 2.24) is 0 Å². The molecule has 2 aromatic carbocycles. The zero-order chi connectivity index (χ0) is 18.7. The highest BCUT2D eigenvalue weighted by atomic mass is 19.1. The minimum absolute atomic E-state index is 0.128. The first kappa shape index (κ1) is 17.8. The summed E-state index contributed by atoms with van der Waals surface area (Å²) in [5.74, 6) is -0.510. The molecule has 134 valence electrons. The van der Waals surface area contributed by atoms with Crippen molar-refractivity contribution in [2.24, 2.45) is 4.99 Å². The summed E-state index contributed by atoms with van der Waals surface area (Å²) < 4.78 is 23.7. The molecule has 0 radical (unpaired) electrons. The van der Waals surface area contributed by atoms with E-state index >= 15 is 0 Å². The van der Waals surface area contributed by atoms with Crippen LogP contribution < -0.4 is 4.74 Å². The van der Waals surface area contributed by atoms with Gasteiger partial charge in [-0.3, -0.25) is 14.6 Å². The van der Waals surface area contributed by atoms with E-state index in [4.69, 9.17) is 4.74 Å². The number of rotatable bonds is 4. The lowest BCUT2D eigenvalue weighted by atomic mass is 9.95. The number of carbonyl (C=O) groups excluding carboxylic acids is 2. The van der Waals surface area contributed by atoms with Gasteiger partial charge in [0.2, 0.25) is 0 Å². The largest absolute Gasteiger partial charge is 0.497 e. The predicted octanol–water partition coefficient (Wildman–Crippen LogP) is 2.73. The molecule has 5 nitrogen and oxygen atoms in total. The van der Waals surface area contributed by atoms with E-state index < -0.39 is 17.8 Å². The summed E-state index contributed by atoms with van der Waals surface area (Å²) in [7, 11) is 2.81. The number of Topliss-reactive ketones (excluding diaryl/α,β-unsaturated/α-hetero) is 1. The van der Waals surface area contributed by atoms with Crippen molar-refractivity contribution in [3.63, 3.8) is 0 Å². The van der Waals surface area contributed by atoms with Crippen LogP contribution in [0.3, 0.4) is 0 Å². The monoisotopic (exact) mass is 355 g/mol. The van der Waals surface area contributed by atoms with Gasteiger partial charge in [0, 0.05) is 17.5 Å². The van der Waals surface area contributed by atoms with Gasteiger partial charge in [0.05, 0.1) is 26.4 Å². The highest BCUT2D eigenvalue weighted by Gasteiger charge is 2.28. The molecule has 0 saturated carbocycles. The van der Waals surface area contributed by atoms with Crippen molar-refractivity contribution in [3.05, 3.63) is 65.0 Å². The number of fused-ring (bicyclic) bond motifs is 1. The van der Waals surface area contributed by atoms with Crippen LogP contribution in [0.5, 0.6) is 5.75 Å². The number of hydrogen-bond donors (Lipinski definition) is 0. The van der Waals surface area contributed by atoms with Gasteiger partial charge in [-0.15, -0.1) is 0 Å². The summed E-state index contributed by atoms with van der Waals surface area (Å²) in [5, 5.41) is 0. The van der Waals surface area contributed by atoms with E-state index in [1.807, 2.05) is 0 Å². The molecule has 2 aromatic rings. The number of esters is 1. The van der Waals surface area contributed by atoms with Crippen LogP contribution in [-0.2, 0) is 20.7 Å². The fourth-order valence-corrected chi connectivity index (χ4v) is 2.93. The first-order valence-electron chi connectivity index (χ1n) is 8.12. The van der Waals surface area contributed by atoms with Gasteiger partial charge < -0.3 is 9.47 Å². The Morgan fingerprint density at radius 2 is 2.04 bits per heavy atom. The summed E-state index contributed by atoms with van der Waals surface area (Å²) in [4.78, 5) is 28.8. The molecule has 3 rings (SSSR count). The number of methoxy groups -OCH3 is 2. The second kappa shape index (κ2) is 7.47. The Kier molecular flexibility index (Phi) is 5.11. The number of carbonyl (C=O) groups is 2. The molecule has 26 heavy (non-hydrogen) atoms. The van der Waals surface area contributed by atoms with E-state index in [0.29, 0.717) is 22.6 Å². The van der Waals surface area contributed by atoms with Gasteiger partial charge >= 0.3 is 5.97 Å². The quantitative estimate of drug-likeness (QED) is 0.791. The van der Waals surface area contributed by atoms with Gasteiger partial charge in [0.15, 0.2) is 5.78 Å². The molecule has 0 saturated heterocycles. The third-order valence-electron chi connectivity index (χ3n) is 4.28. The van der Waals surface area contributed by atoms with Gasteiger partial charge in [-0.05, 0) is 29.8 Å². The molecule has 1 heterocycles. The number of ketones is 1. The van der Waals surface area contributed by atoms with Crippen LogP contribution in [0.4, 0.5) is 4.39 Å². The van der Waals surface area contributed by atoms with Crippen LogP contribution >= 0.6 is 0 Å². The van der Waals surface area contributed by atoms with Gasteiger partial charge in [-0.1, -0.05) is 18.2 Å². The lowest BCUT2D eigenvalue weighted by Gasteiger charge is -2.12. The summed E-state index contributed by atoms with van der Waals surface area (Å²) in [6.45, 7) is 0. The summed E-state index contributed by atoms with van der Waals surface area (Å²) >= 11 is 0. The van der Waals surface area contributed by atoms with Gasteiger partial charge in [0.1, 0.15) is 17.6 Å². The van der Waals surface area contributed by atoms with Crippen LogP contribution in [0.1, 0.15) is 23.1 Å². The van der Waals surface area contributed by atoms with Crippen LogP contribution in [0, 0.1) is 5.82 Å². The minimum Gasteiger partial charge on any atom is -0.497 e. The van der Waals surface area contributed by atoms with E-state index in [0.717, 1.165) is 5.56 Å². The number of aliphatic imine (C=N–C) groups is 1. The molecule has 0 aromatic heterocycles. The molecule has 0 N–H and O–H groups in total. The van der Waals surface area contributed by atoms with Crippen molar-refractivity contribution in [1.29, 1.82) is 0 Å². The molecule has 0 fully saturated rings. The van der Waals surface area contributed by atoms with Crippen LogP contribution in [0.2, 0.25) is 0 Å². The molecule has 0 bridgehead atoms. The second-order valence-electron chi connectivity index (χ2n) is 5.95. The Morgan fingerprint density at radius 1 is 1.23 bits per heavy atom. The molecule has 6 heteroatoms. The Morgan fingerprint density at radius 3 is 2.73 bits per heavy atom. The summed E-state index contributed by atoms with van der Waals surface area (Å²) in [5.41, 5.74) is 2.43. The third kappa shape index (κ3) is 3.64. The van der Waals surface area contributed by atoms with E-state index in [1.54, 1.807) is 37.4 Å². The van der Waals surface area contributed by atoms with Crippen molar-refractivity contribution in [2.45, 2.75) is 18.9 Å². The molecule has 1 aliphatic rings. The lowest BCUT2D eigenvalue weighted by molar-refractivity contribution is -0.142. The lowest BCUT2D eigenvalue weighted by Crippen LogP contribution is -2.24. The van der Waals surface area contributed by atoms with Crippen molar-refractivity contribution < 1.29 is 23.5 Å². The Hall–Kier alpha value is -3.02. The van der Waals surface area contributed by atoms with E-state index in [2.05, 4.69) is 9.73 Å². The van der Waals surface area contributed by atoms with Crippen molar-refractivity contribution in [3.8, 4) is 5.75 Å². The van der Waals surface area contributed by atoms with Crippen molar-refractivity contribution >= 4 is 17.5 Å². The summed E-state index contributed by atoms with van der Waals surface area (Å²) in [6, 6.07) is 10.4. The van der Waals surface area contributed by atoms with Crippen LogP contribution in [-0.4, -0.2) is 37.7 Å². The minimum atomic E-state index is -0.876. The molecule has 1 atom stereocenters. The SMILES string of the molecule is COC(=O)C[C@@H]1N=C(c2cccc(F)c2)c2cc(OC)ccc2CC1=O. The molecule has 0 unspecified atom stereocenters. The highest BCUT2D eigenvalue weighted by molar-refractivity contribution is 6.16. The Balaban J connectivity index is 2.17. The normalized spacial score (nSPS) is 16.3. The topological polar surface area (TPSA) is 65.0 Å². The first-order valence-corrected chi connectivity index (χ1v) is 8.12. The predicted molar refractivity (Wildman–Crippen MR) is 94.2 cm³/mol. The smallest absolute Gasteiger partial charge is 0.308 e. The van der Waals surface area contributed by atoms with Gasteiger partial charge in [-0.25, -0.2) is 4.39 Å². The molecule has 0 spiro atoms. The standard InChI is InChI=1S/C20H18FNO4/c1-25-15-7-6-12-9-18(23)17(11-19(24)26-2)22-20(16(12)10-15)13-4-3-5-14(21)8-13/h3-8,10,17H,9,11H2,1-2H3/t17-/m0/s1. The molecule has 0 aliphatic carbocycles. The van der Waals surface area contributed by atoms with Gasteiger partial charge in [-0.2, -0.15) is 0 Å². The van der Waals surface area contributed by atoms with Crippen LogP contribution in [0.25, 0.3) is 0 Å². The number of ether oxygens (including phenoxy) is 2. The average molecular weight is 355 g/mol. The van der Waals surface area contributed by atoms with Crippen molar-refractivity contribution in [2.75, 3.05) is 14.2 Å². The molecule has 1 aliphatic heterocycles. The fourth-order valence-electron chi connectivity index (χ4n) is 2.93. The Labute approximate surface area is 150 Å². The van der Waals surface area contributed by atoms with E-state index in [1.165, 1.54) is 19.2 Å². The Bertz CT molecular complexity index is 891.